The quantitative estimate of drug-likeness (QED) is 0.554. The van der Waals surface area contributed by atoms with Crippen LogP contribution in [0.5, 0.6) is 0 Å². The van der Waals surface area contributed by atoms with Gasteiger partial charge < -0.3 is 16.8 Å². The molecule has 1 aliphatic rings. The average molecular weight is 291 g/mol. The number of nitrogens with two attached hydrogens (primary N) is 2. The number of rotatable bonds is 1. The van der Waals surface area contributed by atoms with Gasteiger partial charge in [0, 0.05) is 11.3 Å². The van der Waals surface area contributed by atoms with Crippen LogP contribution in [-0.2, 0) is 5.66 Å². The Morgan fingerprint density at radius 2 is 1.77 bits per heavy atom. The molecule has 0 radical (unpaired) electrons. The molecule has 1 aliphatic heterocycles. The maximum absolute atomic E-state index is 6.80. The molecule has 2 aromatic carbocycles. The molecule has 2 heterocycles. The normalized spacial score (nSPS) is 19.2. The highest BCUT2D eigenvalue weighted by Gasteiger charge is 2.41. The summed E-state index contributed by atoms with van der Waals surface area (Å²) in [5.74, 6) is 0.419. The number of nitrogen functional groups attached to an aromatic ring is 1. The van der Waals surface area contributed by atoms with Gasteiger partial charge in [-0.3, -0.25) is 5.10 Å². The van der Waals surface area contributed by atoms with Crippen LogP contribution in [0.3, 0.4) is 0 Å². The van der Waals surface area contributed by atoms with Gasteiger partial charge in [0.05, 0.1) is 11.3 Å². The summed E-state index contributed by atoms with van der Waals surface area (Å²) in [6.07, 6.45) is 0. The van der Waals surface area contributed by atoms with Crippen LogP contribution in [0.2, 0.25) is 0 Å². The van der Waals surface area contributed by atoms with Crippen molar-refractivity contribution in [3.63, 3.8) is 0 Å². The first kappa shape index (κ1) is 12.9. The van der Waals surface area contributed by atoms with E-state index in [2.05, 4.69) is 15.5 Å². The summed E-state index contributed by atoms with van der Waals surface area (Å²) in [5.41, 5.74) is 17.7. The highest BCUT2D eigenvalue weighted by atomic mass is 15.2. The number of nitrogens with zero attached hydrogens (tertiary/aromatic N) is 1. The molecule has 0 bridgehead atoms. The molecule has 1 aromatic heterocycles. The molecule has 1 unspecified atom stereocenters. The third-order valence-electron chi connectivity index (χ3n) is 4.29. The summed E-state index contributed by atoms with van der Waals surface area (Å²) >= 11 is 0. The number of nitrogens with one attached hydrogen (secondary N) is 2. The van der Waals surface area contributed by atoms with Crippen molar-refractivity contribution < 1.29 is 0 Å². The summed E-state index contributed by atoms with van der Waals surface area (Å²) in [6, 6.07) is 16.0. The van der Waals surface area contributed by atoms with Crippen molar-refractivity contribution in [1.82, 2.24) is 10.2 Å². The Morgan fingerprint density at radius 1 is 1.05 bits per heavy atom. The van der Waals surface area contributed by atoms with Crippen molar-refractivity contribution in [3.05, 3.63) is 65.2 Å². The van der Waals surface area contributed by atoms with Crippen molar-refractivity contribution >= 4 is 11.5 Å². The number of benzene rings is 2. The third-order valence-corrected chi connectivity index (χ3v) is 4.29. The van der Waals surface area contributed by atoms with E-state index in [-0.39, 0.29) is 0 Å². The van der Waals surface area contributed by atoms with Crippen LogP contribution in [0.15, 0.2) is 48.5 Å². The molecule has 0 saturated carbocycles. The second kappa shape index (κ2) is 4.35. The van der Waals surface area contributed by atoms with E-state index >= 15 is 0 Å². The Morgan fingerprint density at radius 3 is 2.59 bits per heavy atom. The first-order valence-electron chi connectivity index (χ1n) is 7.18. The molecule has 110 valence electrons. The molecular formula is C17H17N5. The lowest BCUT2D eigenvalue weighted by molar-refractivity contribution is 0.616. The van der Waals surface area contributed by atoms with Crippen LogP contribution in [0.25, 0.3) is 11.3 Å². The van der Waals surface area contributed by atoms with Gasteiger partial charge in [-0.25, -0.2) is 0 Å². The fourth-order valence-corrected chi connectivity index (χ4v) is 3.25. The van der Waals surface area contributed by atoms with E-state index in [1.165, 1.54) is 0 Å². The van der Waals surface area contributed by atoms with Gasteiger partial charge in [0.15, 0.2) is 5.82 Å². The standard InChI is InChI=1S/C17H17N5/c1-10-6-2-4-8-12(10)17(19)14-15(21-22-16(14)18)11-7-3-5-9-13(11)20-17/h2-9,20H,19H2,1H3,(H3,18,21,22). The highest BCUT2D eigenvalue weighted by molar-refractivity contribution is 5.86. The number of aromatic amines is 1. The van der Waals surface area contributed by atoms with Gasteiger partial charge in [-0.15, -0.1) is 0 Å². The molecule has 5 nitrogen and oxygen atoms in total. The SMILES string of the molecule is Cc1ccccc1C1(N)Nc2ccccc2-c2[nH]nc(N)c21. The van der Waals surface area contributed by atoms with Crippen LogP contribution >= 0.6 is 0 Å². The van der Waals surface area contributed by atoms with E-state index in [4.69, 9.17) is 11.5 Å². The fourth-order valence-electron chi connectivity index (χ4n) is 3.25. The lowest BCUT2D eigenvalue weighted by atomic mass is 9.83. The monoisotopic (exact) mass is 291 g/mol. The summed E-state index contributed by atoms with van der Waals surface area (Å²) in [4.78, 5) is 0. The molecule has 3 aromatic rings. The predicted molar refractivity (Wildman–Crippen MR) is 88.2 cm³/mol. The first-order chi connectivity index (χ1) is 10.6. The third kappa shape index (κ3) is 1.60. The number of aryl methyl sites for hydroxylation is 1. The maximum atomic E-state index is 6.80. The average Bonchev–Trinajstić information content (AvgIpc) is 2.91. The summed E-state index contributed by atoms with van der Waals surface area (Å²) in [6.45, 7) is 2.04. The highest BCUT2D eigenvalue weighted by Crippen LogP contribution is 2.45. The largest absolute Gasteiger partial charge is 0.382 e. The zero-order valence-corrected chi connectivity index (χ0v) is 12.2. The van der Waals surface area contributed by atoms with E-state index in [0.717, 1.165) is 33.6 Å². The summed E-state index contributed by atoms with van der Waals surface area (Å²) in [7, 11) is 0. The van der Waals surface area contributed by atoms with Gasteiger partial charge in [-0.05, 0) is 24.1 Å². The molecule has 5 heteroatoms. The Kier molecular flexibility index (Phi) is 2.55. The van der Waals surface area contributed by atoms with Gasteiger partial charge in [0.2, 0.25) is 0 Å². The van der Waals surface area contributed by atoms with Gasteiger partial charge in [-0.2, -0.15) is 5.10 Å². The lowest BCUT2D eigenvalue weighted by Crippen LogP contribution is -2.48. The van der Waals surface area contributed by atoms with Crippen molar-refractivity contribution in [2.45, 2.75) is 12.6 Å². The number of aromatic nitrogens is 2. The topological polar surface area (TPSA) is 92.7 Å². The Hall–Kier alpha value is -2.79. The van der Waals surface area contributed by atoms with E-state index in [1.54, 1.807) is 0 Å². The minimum Gasteiger partial charge on any atom is -0.382 e. The molecule has 0 aliphatic carbocycles. The van der Waals surface area contributed by atoms with Gasteiger partial charge in [0.25, 0.3) is 0 Å². The maximum Gasteiger partial charge on any atom is 0.153 e. The minimum absolute atomic E-state index is 0.419. The van der Waals surface area contributed by atoms with Crippen molar-refractivity contribution in [2.24, 2.45) is 5.73 Å². The predicted octanol–water partition coefficient (Wildman–Crippen LogP) is 2.55. The molecular weight excluding hydrogens is 274 g/mol. The number of anilines is 2. The molecule has 0 fully saturated rings. The van der Waals surface area contributed by atoms with Crippen LogP contribution in [0.1, 0.15) is 16.7 Å². The van der Waals surface area contributed by atoms with Crippen molar-refractivity contribution in [3.8, 4) is 11.3 Å². The molecule has 4 rings (SSSR count). The number of hydrogen-bond acceptors (Lipinski definition) is 4. The van der Waals surface area contributed by atoms with Crippen LogP contribution in [0, 0.1) is 6.92 Å². The van der Waals surface area contributed by atoms with Crippen molar-refractivity contribution in [1.29, 1.82) is 0 Å². The van der Waals surface area contributed by atoms with Crippen molar-refractivity contribution in [2.75, 3.05) is 11.1 Å². The van der Waals surface area contributed by atoms with E-state index in [1.807, 2.05) is 55.5 Å². The molecule has 0 saturated heterocycles. The lowest BCUT2D eigenvalue weighted by Gasteiger charge is -2.38. The van der Waals surface area contributed by atoms with Gasteiger partial charge in [0.1, 0.15) is 5.66 Å². The Bertz CT molecular complexity index is 867. The minimum atomic E-state index is -0.911. The second-order valence-corrected chi connectivity index (χ2v) is 5.65. The molecule has 6 N–H and O–H groups in total. The summed E-state index contributed by atoms with van der Waals surface area (Å²) in [5, 5.41) is 10.7. The van der Waals surface area contributed by atoms with Gasteiger partial charge in [-0.1, -0.05) is 42.5 Å². The van der Waals surface area contributed by atoms with Crippen LogP contribution < -0.4 is 16.8 Å². The number of para-hydroxylation sites is 1. The summed E-state index contributed by atoms with van der Waals surface area (Å²) < 4.78 is 0. The second-order valence-electron chi connectivity index (χ2n) is 5.65. The van der Waals surface area contributed by atoms with Crippen LogP contribution in [0.4, 0.5) is 11.5 Å². The van der Waals surface area contributed by atoms with E-state index in [0.29, 0.717) is 5.82 Å². The Labute approximate surface area is 128 Å². The molecule has 22 heavy (non-hydrogen) atoms. The smallest absolute Gasteiger partial charge is 0.153 e. The number of hydrogen-bond donors (Lipinski definition) is 4. The number of H-pyrrole nitrogens is 1. The van der Waals surface area contributed by atoms with E-state index < -0.39 is 5.66 Å². The molecule has 0 spiro atoms. The zero-order chi connectivity index (χ0) is 15.3. The first-order valence-corrected chi connectivity index (χ1v) is 7.18. The number of fused-ring (bicyclic) bond motifs is 3. The molecule has 1 atom stereocenters. The van der Waals surface area contributed by atoms with Gasteiger partial charge >= 0.3 is 0 Å². The zero-order valence-electron chi connectivity index (χ0n) is 12.2. The Balaban J connectivity index is 2.04. The fraction of sp³-hybridized carbons (Fsp3) is 0.118. The molecule has 0 amide bonds. The van der Waals surface area contributed by atoms with Crippen LogP contribution in [-0.4, -0.2) is 10.2 Å². The van der Waals surface area contributed by atoms with E-state index in [9.17, 15) is 0 Å².